The maximum atomic E-state index is 10.9. The molecule has 6 heteroatoms. The summed E-state index contributed by atoms with van der Waals surface area (Å²) < 4.78 is 15.5. The van der Waals surface area contributed by atoms with Crippen molar-refractivity contribution < 1.29 is 23.8 Å². The minimum absolute atomic E-state index is 0.170. The van der Waals surface area contributed by atoms with E-state index in [-0.39, 0.29) is 11.7 Å². The number of carboxylic acid groups (broad SMARTS) is 1. The molecule has 0 fully saturated rings. The van der Waals surface area contributed by atoms with Crippen LogP contribution in [0.15, 0.2) is 22.6 Å². The van der Waals surface area contributed by atoms with Crippen LogP contribution in [0.3, 0.4) is 0 Å². The van der Waals surface area contributed by atoms with Gasteiger partial charge in [-0.15, -0.1) is 0 Å². The number of carboxylic acids is 1. The molecule has 1 heterocycles. The number of methoxy groups -OCH3 is 2. The zero-order valence-electron chi connectivity index (χ0n) is 10.8. The fraction of sp³-hybridized carbons (Fsp3) is 0.231. The molecule has 0 saturated carbocycles. The van der Waals surface area contributed by atoms with E-state index in [9.17, 15) is 4.79 Å². The Bertz CT molecular complexity index is 595. The summed E-state index contributed by atoms with van der Waals surface area (Å²) in [6.07, 6.45) is 0. The minimum atomic E-state index is -1.15. The number of aromatic nitrogens is 1. The highest BCUT2D eigenvalue weighted by molar-refractivity contribution is 5.86. The van der Waals surface area contributed by atoms with Gasteiger partial charge in [0.15, 0.2) is 0 Å². The van der Waals surface area contributed by atoms with Crippen LogP contribution in [0.2, 0.25) is 0 Å². The van der Waals surface area contributed by atoms with Crippen LogP contribution >= 0.6 is 0 Å². The predicted molar refractivity (Wildman–Crippen MR) is 66.7 cm³/mol. The van der Waals surface area contributed by atoms with E-state index in [4.69, 9.17) is 19.0 Å². The lowest BCUT2D eigenvalue weighted by Crippen LogP contribution is -1.95. The van der Waals surface area contributed by atoms with Crippen LogP contribution in [0, 0.1) is 6.92 Å². The lowest BCUT2D eigenvalue weighted by molar-refractivity contribution is 0.0662. The Morgan fingerprint density at radius 3 is 2.21 bits per heavy atom. The molecule has 0 unspecified atom stereocenters. The Morgan fingerprint density at radius 1 is 1.21 bits per heavy atom. The maximum Gasteiger partial charge on any atom is 0.373 e. The highest BCUT2D eigenvalue weighted by Crippen LogP contribution is 2.30. The normalized spacial score (nSPS) is 10.3. The number of rotatable bonds is 4. The Labute approximate surface area is 109 Å². The molecule has 0 radical (unpaired) electrons. The quantitative estimate of drug-likeness (QED) is 0.911. The Balaban J connectivity index is 2.51. The van der Waals surface area contributed by atoms with Gasteiger partial charge in [0, 0.05) is 11.6 Å². The van der Waals surface area contributed by atoms with Crippen molar-refractivity contribution in [3.8, 4) is 23.0 Å². The van der Waals surface area contributed by atoms with Gasteiger partial charge >= 0.3 is 5.97 Å². The van der Waals surface area contributed by atoms with E-state index < -0.39 is 5.97 Å². The Kier molecular flexibility index (Phi) is 3.41. The number of benzene rings is 1. The van der Waals surface area contributed by atoms with E-state index in [1.807, 2.05) is 0 Å². The summed E-state index contributed by atoms with van der Waals surface area (Å²) >= 11 is 0. The zero-order chi connectivity index (χ0) is 14.0. The third-order valence-electron chi connectivity index (χ3n) is 2.59. The van der Waals surface area contributed by atoms with Crippen molar-refractivity contribution in [1.29, 1.82) is 0 Å². The monoisotopic (exact) mass is 263 g/mol. The molecule has 0 saturated heterocycles. The highest BCUT2D eigenvalue weighted by Gasteiger charge is 2.18. The maximum absolute atomic E-state index is 10.9. The second-order valence-electron chi connectivity index (χ2n) is 3.84. The predicted octanol–water partition coefficient (Wildman–Crippen LogP) is 2.37. The number of aryl methyl sites for hydroxylation is 1. The first-order valence-electron chi connectivity index (χ1n) is 5.49. The first-order chi connectivity index (χ1) is 9.05. The number of hydrogen-bond donors (Lipinski definition) is 1. The van der Waals surface area contributed by atoms with Gasteiger partial charge in [0.25, 0.3) is 0 Å². The molecular weight excluding hydrogens is 250 g/mol. The number of carbonyl (C=O) groups is 1. The fourth-order valence-electron chi connectivity index (χ4n) is 1.65. The van der Waals surface area contributed by atoms with Crippen molar-refractivity contribution >= 4 is 5.97 Å². The van der Waals surface area contributed by atoms with Crippen LogP contribution in [-0.4, -0.2) is 30.3 Å². The second-order valence-corrected chi connectivity index (χ2v) is 3.84. The molecule has 2 rings (SSSR count). The molecule has 2 aromatic rings. The van der Waals surface area contributed by atoms with Crippen molar-refractivity contribution in [2.75, 3.05) is 14.2 Å². The van der Waals surface area contributed by atoms with Crippen LogP contribution in [0.25, 0.3) is 11.5 Å². The Morgan fingerprint density at radius 2 is 1.79 bits per heavy atom. The van der Waals surface area contributed by atoms with E-state index in [0.29, 0.717) is 22.8 Å². The molecule has 0 amide bonds. The van der Waals surface area contributed by atoms with Crippen LogP contribution in [0.4, 0.5) is 0 Å². The number of nitrogens with zero attached hydrogens (tertiary/aromatic N) is 1. The molecule has 19 heavy (non-hydrogen) atoms. The molecule has 0 spiro atoms. The SMILES string of the molecule is COc1cc(OC)cc(-c2nc(C)c(C(=O)O)o2)c1. The van der Waals surface area contributed by atoms with E-state index in [0.717, 1.165) is 0 Å². The zero-order valence-corrected chi connectivity index (χ0v) is 10.8. The standard InChI is InChI=1S/C13H13NO5/c1-7-11(13(15)16)19-12(14-7)8-4-9(17-2)6-10(5-8)18-3/h4-6H,1-3H3,(H,15,16). The molecule has 0 aliphatic carbocycles. The summed E-state index contributed by atoms with van der Waals surface area (Å²) in [5, 5.41) is 8.94. The summed E-state index contributed by atoms with van der Waals surface area (Å²) in [7, 11) is 3.06. The molecule has 0 aliphatic rings. The third kappa shape index (κ3) is 2.52. The molecule has 0 bridgehead atoms. The van der Waals surface area contributed by atoms with Crippen molar-refractivity contribution in [2.45, 2.75) is 6.92 Å². The lowest BCUT2D eigenvalue weighted by atomic mass is 10.2. The summed E-state index contributed by atoms with van der Waals surface area (Å²) in [6, 6.07) is 5.09. The van der Waals surface area contributed by atoms with Gasteiger partial charge in [-0.05, 0) is 19.1 Å². The summed E-state index contributed by atoms with van der Waals surface area (Å²) in [4.78, 5) is 15.0. The van der Waals surface area contributed by atoms with E-state index in [1.54, 1.807) is 25.1 Å². The van der Waals surface area contributed by atoms with Gasteiger partial charge in [-0.2, -0.15) is 0 Å². The number of ether oxygens (including phenoxy) is 2. The first kappa shape index (κ1) is 12.9. The van der Waals surface area contributed by atoms with Gasteiger partial charge in [0.05, 0.1) is 19.9 Å². The van der Waals surface area contributed by atoms with Gasteiger partial charge in [0.2, 0.25) is 11.7 Å². The topological polar surface area (TPSA) is 81.8 Å². The van der Waals surface area contributed by atoms with Crippen molar-refractivity contribution in [1.82, 2.24) is 4.98 Å². The lowest BCUT2D eigenvalue weighted by Gasteiger charge is -2.05. The smallest absolute Gasteiger partial charge is 0.373 e. The van der Waals surface area contributed by atoms with Gasteiger partial charge in [-0.3, -0.25) is 0 Å². The number of hydrogen-bond acceptors (Lipinski definition) is 5. The molecular formula is C13H13NO5. The van der Waals surface area contributed by atoms with Gasteiger partial charge < -0.3 is 19.0 Å². The average Bonchev–Trinajstić information content (AvgIpc) is 2.80. The highest BCUT2D eigenvalue weighted by atomic mass is 16.5. The van der Waals surface area contributed by atoms with Gasteiger partial charge in [-0.1, -0.05) is 0 Å². The van der Waals surface area contributed by atoms with Crippen LogP contribution in [-0.2, 0) is 0 Å². The van der Waals surface area contributed by atoms with E-state index in [2.05, 4.69) is 4.98 Å². The number of aromatic carboxylic acids is 1. The van der Waals surface area contributed by atoms with Crippen LogP contribution in [0.5, 0.6) is 11.5 Å². The molecule has 6 nitrogen and oxygen atoms in total. The summed E-state index contributed by atoms with van der Waals surface area (Å²) in [6.45, 7) is 1.58. The van der Waals surface area contributed by atoms with Crippen molar-refractivity contribution in [3.05, 3.63) is 29.7 Å². The molecule has 0 atom stereocenters. The summed E-state index contributed by atoms with van der Waals surface area (Å²) in [5.74, 6) is 0.0409. The van der Waals surface area contributed by atoms with E-state index in [1.165, 1.54) is 14.2 Å². The largest absolute Gasteiger partial charge is 0.497 e. The Hall–Kier alpha value is -2.50. The van der Waals surface area contributed by atoms with Crippen molar-refractivity contribution in [3.63, 3.8) is 0 Å². The third-order valence-corrected chi connectivity index (χ3v) is 2.59. The average molecular weight is 263 g/mol. The molecule has 1 aromatic heterocycles. The summed E-state index contributed by atoms with van der Waals surface area (Å²) in [5.41, 5.74) is 0.913. The van der Waals surface area contributed by atoms with Crippen LogP contribution in [0.1, 0.15) is 16.2 Å². The number of oxazole rings is 1. The second kappa shape index (κ2) is 5.01. The molecule has 1 aromatic carbocycles. The molecule has 0 aliphatic heterocycles. The van der Waals surface area contributed by atoms with Crippen LogP contribution < -0.4 is 9.47 Å². The van der Waals surface area contributed by atoms with E-state index >= 15 is 0 Å². The van der Waals surface area contributed by atoms with Gasteiger partial charge in [0.1, 0.15) is 11.5 Å². The molecule has 1 N–H and O–H groups in total. The van der Waals surface area contributed by atoms with Gasteiger partial charge in [-0.25, -0.2) is 9.78 Å². The minimum Gasteiger partial charge on any atom is -0.497 e. The fourth-order valence-corrected chi connectivity index (χ4v) is 1.65. The molecule has 100 valence electrons. The van der Waals surface area contributed by atoms with Crippen molar-refractivity contribution in [2.24, 2.45) is 0 Å². The first-order valence-corrected chi connectivity index (χ1v) is 5.49.